The van der Waals surface area contributed by atoms with E-state index < -0.39 is 0 Å². The van der Waals surface area contributed by atoms with Crippen LogP contribution in [0.2, 0.25) is 0 Å². The number of nitrogens with zero attached hydrogens (tertiary/aromatic N) is 2. The number of fused-ring (bicyclic) bond motifs is 1. The molecule has 1 heterocycles. The fourth-order valence-electron chi connectivity index (χ4n) is 2.68. The SMILES string of the molecule is CCn1c([C@H](C)Oc2cccc(C)c2)nc2ccccc21. The van der Waals surface area contributed by atoms with Crippen LogP contribution in [0.5, 0.6) is 5.75 Å². The fourth-order valence-corrected chi connectivity index (χ4v) is 2.68. The minimum atomic E-state index is -0.0841. The molecule has 0 aliphatic carbocycles. The van der Waals surface area contributed by atoms with E-state index in [0.29, 0.717) is 0 Å². The molecule has 1 atom stereocenters. The van der Waals surface area contributed by atoms with Gasteiger partial charge in [0.1, 0.15) is 5.75 Å². The molecule has 0 radical (unpaired) electrons. The third-order valence-corrected chi connectivity index (χ3v) is 3.67. The molecule has 0 fully saturated rings. The zero-order valence-corrected chi connectivity index (χ0v) is 12.7. The van der Waals surface area contributed by atoms with Crippen molar-refractivity contribution in [3.05, 3.63) is 59.9 Å². The fraction of sp³-hybridized carbons (Fsp3) is 0.278. The van der Waals surface area contributed by atoms with Crippen molar-refractivity contribution in [3.63, 3.8) is 0 Å². The number of hydrogen-bond acceptors (Lipinski definition) is 2. The van der Waals surface area contributed by atoms with Crippen LogP contribution in [-0.4, -0.2) is 9.55 Å². The van der Waals surface area contributed by atoms with E-state index in [4.69, 9.17) is 9.72 Å². The van der Waals surface area contributed by atoms with Gasteiger partial charge in [-0.2, -0.15) is 0 Å². The highest BCUT2D eigenvalue weighted by atomic mass is 16.5. The lowest BCUT2D eigenvalue weighted by molar-refractivity contribution is 0.212. The molecule has 2 aromatic carbocycles. The highest BCUT2D eigenvalue weighted by Crippen LogP contribution is 2.25. The number of imidazole rings is 1. The largest absolute Gasteiger partial charge is 0.483 e. The van der Waals surface area contributed by atoms with Gasteiger partial charge in [0.15, 0.2) is 11.9 Å². The van der Waals surface area contributed by atoms with Gasteiger partial charge in [-0.1, -0.05) is 24.3 Å². The van der Waals surface area contributed by atoms with Gasteiger partial charge in [-0.3, -0.25) is 0 Å². The van der Waals surface area contributed by atoms with Gasteiger partial charge in [0.2, 0.25) is 0 Å². The third-order valence-electron chi connectivity index (χ3n) is 3.67. The van der Waals surface area contributed by atoms with Gasteiger partial charge in [0, 0.05) is 6.54 Å². The normalized spacial score (nSPS) is 12.5. The summed E-state index contributed by atoms with van der Waals surface area (Å²) >= 11 is 0. The molecule has 0 saturated carbocycles. The molecular weight excluding hydrogens is 260 g/mol. The van der Waals surface area contributed by atoms with Gasteiger partial charge in [-0.25, -0.2) is 4.98 Å². The molecule has 3 aromatic rings. The average Bonchev–Trinajstić information content (AvgIpc) is 2.86. The van der Waals surface area contributed by atoms with Crippen molar-refractivity contribution in [2.75, 3.05) is 0 Å². The van der Waals surface area contributed by atoms with E-state index in [1.807, 2.05) is 30.3 Å². The maximum atomic E-state index is 6.07. The minimum absolute atomic E-state index is 0.0841. The molecule has 3 nitrogen and oxygen atoms in total. The second kappa shape index (κ2) is 5.60. The van der Waals surface area contributed by atoms with Gasteiger partial charge in [-0.05, 0) is 50.6 Å². The van der Waals surface area contributed by atoms with Crippen LogP contribution in [-0.2, 0) is 6.54 Å². The van der Waals surface area contributed by atoms with Crippen LogP contribution in [0.4, 0.5) is 0 Å². The second-order valence-electron chi connectivity index (χ2n) is 5.28. The van der Waals surface area contributed by atoms with E-state index in [-0.39, 0.29) is 6.10 Å². The first-order chi connectivity index (χ1) is 10.2. The summed E-state index contributed by atoms with van der Waals surface area (Å²) in [4.78, 5) is 4.74. The molecule has 0 bridgehead atoms. The predicted molar refractivity (Wildman–Crippen MR) is 85.6 cm³/mol. The molecule has 0 amide bonds. The summed E-state index contributed by atoms with van der Waals surface area (Å²) in [5.74, 6) is 1.86. The summed E-state index contributed by atoms with van der Waals surface area (Å²) in [6, 6.07) is 16.3. The molecule has 3 rings (SSSR count). The average molecular weight is 280 g/mol. The lowest BCUT2D eigenvalue weighted by atomic mass is 10.2. The van der Waals surface area contributed by atoms with Crippen molar-refractivity contribution in [3.8, 4) is 5.75 Å². The van der Waals surface area contributed by atoms with Crippen LogP contribution in [0.3, 0.4) is 0 Å². The molecule has 0 spiro atoms. The standard InChI is InChI=1S/C18H20N2O/c1-4-20-17-11-6-5-10-16(17)19-18(20)14(3)21-15-9-7-8-13(2)12-15/h5-12,14H,4H2,1-3H3/t14-/m0/s1. The first-order valence-corrected chi connectivity index (χ1v) is 7.37. The van der Waals surface area contributed by atoms with Crippen molar-refractivity contribution < 1.29 is 4.74 Å². The van der Waals surface area contributed by atoms with Crippen molar-refractivity contribution in [2.45, 2.75) is 33.4 Å². The van der Waals surface area contributed by atoms with Crippen LogP contribution in [0, 0.1) is 6.92 Å². The van der Waals surface area contributed by atoms with Crippen molar-refractivity contribution in [2.24, 2.45) is 0 Å². The van der Waals surface area contributed by atoms with Crippen LogP contribution >= 0.6 is 0 Å². The van der Waals surface area contributed by atoms with E-state index >= 15 is 0 Å². The maximum Gasteiger partial charge on any atom is 0.153 e. The topological polar surface area (TPSA) is 27.1 Å². The highest BCUT2D eigenvalue weighted by molar-refractivity contribution is 5.76. The van der Waals surface area contributed by atoms with Gasteiger partial charge in [0.05, 0.1) is 11.0 Å². The quantitative estimate of drug-likeness (QED) is 0.703. The summed E-state index contributed by atoms with van der Waals surface area (Å²) < 4.78 is 8.29. The number of hydrogen-bond donors (Lipinski definition) is 0. The van der Waals surface area contributed by atoms with Crippen molar-refractivity contribution in [1.82, 2.24) is 9.55 Å². The van der Waals surface area contributed by atoms with E-state index in [1.165, 1.54) is 5.56 Å². The van der Waals surface area contributed by atoms with Gasteiger partial charge in [0.25, 0.3) is 0 Å². The molecule has 0 N–H and O–H groups in total. The van der Waals surface area contributed by atoms with Crippen LogP contribution in [0.15, 0.2) is 48.5 Å². The van der Waals surface area contributed by atoms with Gasteiger partial charge < -0.3 is 9.30 Å². The molecule has 0 aliphatic heterocycles. The Hall–Kier alpha value is -2.29. The number of aromatic nitrogens is 2. The third kappa shape index (κ3) is 2.64. The van der Waals surface area contributed by atoms with Crippen LogP contribution in [0.25, 0.3) is 11.0 Å². The van der Waals surface area contributed by atoms with Crippen molar-refractivity contribution >= 4 is 11.0 Å². The summed E-state index contributed by atoms with van der Waals surface area (Å²) in [5.41, 5.74) is 3.38. The smallest absolute Gasteiger partial charge is 0.153 e. The Bertz CT molecular complexity index is 761. The molecule has 0 unspecified atom stereocenters. The summed E-state index contributed by atoms with van der Waals surface area (Å²) in [6.45, 7) is 7.14. The van der Waals surface area contributed by atoms with E-state index in [9.17, 15) is 0 Å². The van der Waals surface area contributed by atoms with Crippen molar-refractivity contribution in [1.29, 1.82) is 0 Å². The predicted octanol–water partition coefficient (Wildman–Crippen LogP) is 4.50. The molecule has 0 aliphatic rings. The number of benzene rings is 2. The maximum absolute atomic E-state index is 6.07. The lowest BCUT2D eigenvalue weighted by Gasteiger charge is -2.16. The lowest BCUT2D eigenvalue weighted by Crippen LogP contribution is -2.11. The van der Waals surface area contributed by atoms with Crippen LogP contribution < -0.4 is 4.74 Å². The Kier molecular flexibility index (Phi) is 3.65. The molecule has 0 saturated heterocycles. The Morgan fingerprint density at radius 1 is 1.14 bits per heavy atom. The zero-order valence-electron chi connectivity index (χ0n) is 12.7. The monoisotopic (exact) mass is 280 g/mol. The summed E-state index contributed by atoms with van der Waals surface area (Å²) in [5, 5.41) is 0. The van der Waals surface area contributed by atoms with Gasteiger partial charge >= 0.3 is 0 Å². The van der Waals surface area contributed by atoms with E-state index in [2.05, 4.69) is 43.5 Å². The first-order valence-electron chi connectivity index (χ1n) is 7.37. The number of aryl methyl sites for hydroxylation is 2. The second-order valence-corrected chi connectivity index (χ2v) is 5.28. The molecule has 3 heteroatoms. The summed E-state index contributed by atoms with van der Waals surface area (Å²) in [6.07, 6.45) is -0.0841. The summed E-state index contributed by atoms with van der Waals surface area (Å²) in [7, 11) is 0. The molecule has 1 aromatic heterocycles. The Morgan fingerprint density at radius 3 is 2.71 bits per heavy atom. The Labute approximate surface area is 125 Å². The Morgan fingerprint density at radius 2 is 1.95 bits per heavy atom. The number of para-hydroxylation sites is 2. The molecular formula is C18H20N2O. The zero-order chi connectivity index (χ0) is 14.8. The Balaban J connectivity index is 1.95. The van der Waals surface area contributed by atoms with Gasteiger partial charge in [-0.15, -0.1) is 0 Å². The highest BCUT2D eigenvalue weighted by Gasteiger charge is 2.17. The minimum Gasteiger partial charge on any atom is -0.483 e. The first kappa shape index (κ1) is 13.7. The van der Waals surface area contributed by atoms with E-state index in [1.54, 1.807) is 0 Å². The molecule has 21 heavy (non-hydrogen) atoms. The number of ether oxygens (including phenoxy) is 1. The number of rotatable bonds is 4. The van der Waals surface area contributed by atoms with Crippen LogP contribution in [0.1, 0.15) is 31.3 Å². The molecule has 108 valence electrons. The van der Waals surface area contributed by atoms with E-state index in [0.717, 1.165) is 29.2 Å².